The summed E-state index contributed by atoms with van der Waals surface area (Å²) in [6, 6.07) is 0. The lowest BCUT2D eigenvalue weighted by Gasteiger charge is -2.45. The van der Waals surface area contributed by atoms with Gasteiger partial charge >= 0.3 is 5.97 Å². The molecule has 25 heavy (non-hydrogen) atoms. The quantitative estimate of drug-likeness (QED) is 0.285. The number of carbonyl (C=O) groups is 1. The van der Waals surface area contributed by atoms with Crippen molar-refractivity contribution in [2.75, 3.05) is 13.7 Å². The van der Waals surface area contributed by atoms with Gasteiger partial charge in [0.05, 0.1) is 12.7 Å². The molecule has 10 atom stereocenters. The lowest BCUT2D eigenvalue weighted by Crippen LogP contribution is -2.63. The molecule has 11 heteroatoms. The molecular weight excluding hydrogens is 344 g/mol. The molecule has 0 amide bonds. The van der Waals surface area contributed by atoms with Crippen LogP contribution in [0.2, 0.25) is 0 Å². The van der Waals surface area contributed by atoms with Crippen LogP contribution >= 0.6 is 0 Å². The summed E-state index contributed by atoms with van der Waals surface area (Å²) in [4.78, 5) is 11.2. The molecule has 0 aliphatic carbocycles. The average molecular weight is 368 g/mol. The van der Waals surface area contributed by atoms with Crippen molar-refractivity contribution in [2.24, 2.45) is 5.92 Å². The highest BCUT2D eigenvalue weighted by Crippen LogP contribution is 2.31. The second-order valence-corrected chi connectivity index (χ2v) is 6.15. The van der Waals surface area contributed by atoms with Gasteiger partial charge in [0.15, 0.2) is 18.7 Å². The standard InChI is InChI=1S/C14H24O11/c1-4-6(16)8(18)14(24-10(4)12(20)21)25-11-5(3-15)23-13(22-2)9(19)7(11)17/h4-11,13-19H,3H2,1-2H3,(H,20,21)/t4-,5?,6+,7-,8?,9?,10?,11+,13+,14+/m0/s1. The Bertz CT molecular complexity index is 458. The number of ether oxygens (including phenoxy) is 4. The highest BCUT2D eigenvalue weighted by molar-refractivity contribution is 5.73. The number of aliphatic carboxylic acids is 1. The minimum absolute atomic E-state index is 0.613. The summed E-state index contributed by atoms with van der Waals surface area (Å²) in [7, 11) is 1.24. The predicted octanol–water partition coefficient (Wildman–Crippen LogP) is -3.38. The number of hydrogen-bond acceptors (Lipinski definition) is 10. The van der Waals surface area contributed by atoms with E-state index in [1.54, 1.807) is 0 Å². The van der Waals surface area contributed by atoms with E-state index >= 15 is 0 Å². The van der Waals surface area contributed by atoms with Crippen LogP contribution in [0.3, 0.4) is 0 Å². The number of carboxylic acids is 1. The zero-order valence-electron chi connectivity index (χ0n) is 13.7. The van der Waals surface area contributed by atoms with Crippen LogP contribution in [0.15, 0.2) is 0 Å². The third kappa shape index (κ3) is 3.94. The fourth-order valence-electron chi connectivity index (χ4n) is 2.97. The summed E-state index contributed by atoms with van der Waals surface area (Å²) < 4.78 is 20.7. The molecule has 0 aromatic carbocycles. The van der Waals surface area contributed by atoms with Crippen LogP contribution in [0, 0.1) is 5.92 Å². The molecule has 2 saturated heterocycles. The molecule has 0 aromatic heterocycles. The van der Waals surface area contributed by atoms with Gasteiger partial charge in [-0.2, -0.15) is 0 Å². The number of methoxy groups -OCH3 is 1. The molecule has 0 spiro atoms. The SMILES string of the molecule is CO[C@@H]1OC(CO)[C@@H](O[C@H]2OC(C(=O)O)[C@@H](C)[C@@H](O)C2O)[C@@H](O)C1O. The minimum atomic E-state index is -1.61. The summed E-state index contributed by atoms with van der Waals surface area (Å²) in [6.07, 6.45) is -12.9. The monoisotopic (exact) mass is 368 g/mol. The van der Waals surface area contributed by atoms with Gasteiger partial charge in [-0.3, -0.25) is 0 Å². The summed E-state index contributed by atoms with van der Waals surface area (Å²) in [5, 5.41) is 58.8. The van der Waals surface area contributed by atoms with E-state index in [4.69, 9.17) is 24.1 Å². The third-order valence-corrected chi connectivity index (χ3v) is 4.51. The Morgan fingerprint density at radius 3 is 2.12 bits per heavy atom. The maximum atomic E-state index is 11.2. The molecule has 2 heterocycles. The van der Waals surface area contributed by atoms with Crippen LogP contribution < -0.4 is 0 Å². The Kier molecular flexibility index (Phi) is 6.70. The summed E-state index contributed by atoms with van der Waals surface area (Å²) in [5.41, 5.74) is 0. The van der Waals surface area contributed by atoms with Gasteiger partial charge < -0.3 is 49.6 Å². The van der Waals surface area contributed by atoms with E-state index in [-0.39, 0.29) is 0 Å². The molecule has 11 nitrogen and oxygen atoms in total. The van der Waals surface area contributed by atoms with Crippen LogP contribution in [0.4, 0.5) is 0 Å². The van der Waals surface area contributed by atoms with E-state index in [0.717, 1.165) is 0 Å². The van der Waals surface area contributed by atoms with Crippen molar-refractivity contribution in [3.8, 4) is 0 Å². The first kappa shape index (κ1) is 20.4. The van der Waals surface area contributed by atoms with Crippen LogP contribution in [-0.4, -0.2) is 106 Å². The van der Waals surface area contributed by atoms with E-state index in [0.29, 0.717) is 0 Å². The summed E-state index contributed by atoms with van der Waals surface area (Å²) >= 11 is 0. The Labute approximate surface area is 143 Å². The molecule has 6 N–H and O–H groups in total. The lowest BCUT2D eigenvalue weighted by molar-refractivity contribution is -0.349. The molecule has 2 fully saturated rings. The molecule has 4 unspecified atom stereocenters. The first-order valence-electron chi connectivity index (χ1n) is 7.78. The first-order valence-corrected chi connectivity index (χ1v) is 7.78. The van der Waals surface area contributed by atoms with E-state index in [1.165, 1.54) is 14.0 Å². The topological polar surface area (TPSA) is 175 Å². The van der Waals surface area contributed by atoms with Gasteiger partial charge in [-0.1, -0.05) is 6.92 Å². The number of hydrogen-bond donors (Lipinski definition) is 6. The van der Waals surface area contributed by atoms with Crippen molar-refractivity contribution in [1.82, 2.24) is 0 Å². The highest BCUT2D eigenvalue weighted by atomic mass is 16.7. The highest BCUT2D eigenvalue weighted by Gasteiger charge is 2.51. The second-order valence-electron chi connectivity index (χ2n) is 6.15. The van der Waals surface area contributed by atoms with Gasteiger partial charge in [-0.15, -0.1) is 0 Å². The van der Waals surface area contributed by atoms with Crippen molar-refractivity contribution in [1.29, 1.82) is 0 Å². The largest absolute Gasteiger partial charge is 0.479 e. The maximum Gasteiger partial charge on any atom is 0.333 e. The molecular formula is C14H24O11. The molecule has 0 saturated carbocycles. The molecule has 0 bridgehead atoms. The fourth-order valence-corrected chi connectivity index (χ4v) is 2.97. The van der Waals surface area contributed by atoms with Crippen LogP contribution in [0.5, 0.6) is 0 Å². The smallest absolute Gasteiger partial charge is 0.333 e. The van der Waals surface area contributed by atoms with Gasteiger partial charge in [-0.25, -0.2) is 4.79 Å². The van der Waals surface area contributed by atoms with Gasteiger partial charge in [-0.05, 0) is 0 Å². The van der Waals surface area contributed by atoms with E-state index in [2.05, 4.69) is 0 Å². The Balaban J connectivity index is 2.16. The average Bonchev–Trinajstić information content (AvgIpc) is 2.58. The molecule has 146 valence electrons. The van der Waals surface area contributed by atoms with Gasteiger partial charge in [0.25, 0.3) is 0 Å². The minimum Gasteiger partial charge on any atom is -0.479 e. The number of aliphatic hydroxyl groups is 5. The van der Waals surface area contributed by atoms with Crippen molar-refractivity contribution < 1.29 is 54.4 Å². The Morgan fingerprint density at radius 1 is 1.00 bits per heavy atom. The maximum absolute atomic E-state index is 11.2. The van der Waals surface area contributed by atoms with E-state index < -0.39 is 73.8 Å². The van der Waals surface area contributed by atoms with Crippen LogP contribution in [0.1, 0.15) is 6.92 Å². The Hall–Kier alpha value is -0.890. The predicted molar refractivity (Wildman–Crippen MR) is 77.1 cm³/mol. The number of aliphatic hydroxyl groups excluding tert-OH is 5. The van der Waals surface area contributed by atoms with Crippen molar-refractivity contribution in [2.45, 2.75) is 62.2 Å². The van der Waals surface area contributed by atoms with Gasteiger partial charge in [0.1, 0.15) is 30.5 Å². The molecule has 0 radical (unpaired) electrons. The van der Waals surface area contributed by atoms with E-state index in [9.17, 15) is 30.3 Å². The fraction of sp³-hybridized carbons (Fsp3) is 0.929. The van der Waals surface area contributed by atoms with E-state index in [1.807, 2.05) is 0 Å². The molecule has 2 aliphatic rings. The zero-order chi connectivity index (χ0) is 18.9. The van der Waals surface area contributed by atoms with Crippen molar-refractivity contribution in [3.63, 3.8) is 0 Å². The van der Waals surface area contributed by atoms with Gasteiger partial charge in [0, 0.05) is 13.0 Å². The van der Waals surface area contributed by atoms with Crippen LogP contribution in [0.25, 0.3) is 0 Å². The van der Waals surface area contributed by atoms with Gasteiger partial charge in [0.2, 0.25) is 0 Å². The first-order chi connectivity index (χ1) is 11.7. The number of carboxylic acid groups (broad SMARTS) is 1. The Morgan fingerprint density at radius 2 is 1.60 bits per heavy atom. The van der Waals surface area contributed by atoms with Crippen molar-refractivity contribution in [3.05, 3.63) is 0 Å². The third-order valence-electron chi connectivity index (χ3n) is 4.51. The summed E-state index contributed by atoms with van der Waals surface area (Å²) in [6.45, 7) is 0.781. The van der Waals surface area contributed by atoms with Crippen LogP contribution in [-0.2, 0) is 23.7 Å². The molecule has 2 rings (SSSR count). The normalized spacial score (nSPS) is 48.3. The number of rotatable bonds is 5. The zero-order valence-corrected chi connectivity index (χ0v) is 13.7. The molecule has 2 aliphatic heterocycles. The second kappa shape index (κ2) is 8.20. The summed E-state index contributed by atoms with van der Waals surface area (Å²) in [5.74, 6) is -2.26. The lowest BCUT2D eigenvalue weighted by atomic mass is 9.90. The van der Waals surface area contributed by atoms with Crippen molar-refractivity contribution >= 4 is 5.97 Å². The molecule has 0 aromatic rings.